The molecule has 6 heteroatoms. The molecular weight excluding hydrogens is 294 g/mol. The second-order valence-electron chi connectivity index (χ2n) is 5.91. The predicted molar refractivity (Wildman–Crippen MR) is 89.4 cm³/mol. The summed E-state index contributed by atoms with van der Waals surface area (Å²) in [6.07, 6.45) is 1.31. The molecule has 1 fully saturated rings. The van der Waals surface area contributed by atoms with Crippen LogP contribution in [0.3, 0.4) is 0 Å². The van der Waals surface area contributed by atoms with E-state index < -0.39 is 0 Å². The van der Waals surface area contributed by atoms with Crippen LogP contribution in [0.4, 0.5) is 10.5 Å². The zero-order valence-corrected chi connectivity index (χ0v) is 13.7. The van der Waals surface area contributed by atoms with Gasteiger partial charge in [-0.15, -0.1) is 0 Å². The van der Waals surface area contributed by atoms with E-state index in [0.717, 1.165) is 12.1 Å². The number of ether oxygens (including phenoxy) is 1. The highest BCUT2D eigenvalue weighted by Crippen LogP contribution is 2.20. The van der Waals surface area contributed by atoms with Gasteiger partial charge in [0, 0.05) is 31.8 Å². The molecule has 126 valence electrons. The number of benzene rings is 1. The molecule has 1 atom stereocenters. The minimum absolute atomic E-state index is 0.0341. The molecule has 1 aromatic carbocycles. The summed E-state index contributed by atoms with van der Waals surface area (Å²) in [6.45, 7) is 5.65. The Balaban J connectivity index is 1.70. The second-order valence-corrected chi connectivity index (χ2v) is 5.91. The quantitative estimate of drug-likeness (QED) is 0.754. The van der Waals surface area contributed by atoms with Crippen LogP contribution in [0.25, 0.3) is 0 Å². The van der Waals surface area contributed by atoms with Crippen LogP contribution in [0.15, 0.2) is 30.3 Å². The van der Waals surface area contributed by atoms with Gasteiger partial charge in [0.25, 0.3) is 0 Å². The first-order chi connectivity index (χ1) is 11.1. The number of urea groups is 1. The molecule has 1 saturated heterocycles. The zero-order chi connectivity index (χ0) is 16.7. The number of nitrogens with one attached hydrogen (secondary N) is 2. The minimum Gasteiger partial charge on any atom is -0.379 e. The molecule has 0 saturated carbocycles. The zero-order valence-electron chi connectivity index (χ0n) is 13.7. The van der Waals surface area contributed by atoms with E-state index in [1.807, 2.05) is 44.2 Å². The molecular formula is C17H25N3O3. The van der Waals surface area contributed by atoms with Crippen molar-refractivity contribution in [1.29, 1.82) is 0 Å². The van der Waals surface area contributed by atoms with Gasteiger partial charge < -0.3 is 20.3 Å². The molecule has 1 unspecified atom stereocenters. The van der Waals surface area contributed by atoms with E-state index in [-0.39, 0.29) is 24.1 Å². The van der Waals surface area contributed by atoms with E-state index in [4.69, 9.17) is 4.74 Å². The Morgan fingerprint density at radius 2 is 2.09 bits per heavy atom. The number of amides is 3. The highest BCUT2D eigenvalue weighted by atomic mass is 16.5. The third kappa shape index (κ3) is 5.56. The largest absolute Gasteiger partial charge is 0.379 e. The number of nitrogens with zero attached hydrogens (tertiary/aromatic N) is 1. The first-order valence-corrected chi connectivity index (χ1v) is 8.07. The molecule has 0 bridgehead atoms. The van der Waals surface area contributed by atoms with Crippen LogP contribution in [0, 0.1) is 0 Å². The molecule has 0 spiro atoms. The lowest BCUT2D eigenvalue weighted by molar-refractivity contribution is -0.117. The van der Waals surface area contributed by atoms with Crippen LogP contribution < -0.4 is 15.5 Å². The summed E-state index contributed by atoms with van der Waals surface area (Å²) in [7, 11) is 0. The van der Waals surface area contributed by atoms with Gasteiger partial charge in [-0.3, -0.25) is 4.79 Å². The highest BCUT2D eigenvalue weighted by molar-refractivity contribution is 5.96. The van der Waals surface area contributed by atoms with Gasteiger partial charge >= 0.3 is 6.03 Å². The van der Waals surface area contributed by atoms with E-state index in [2.05, 4.69) is 10.6 Å². The van der Waals surface area contributed by atoms with Crippen LogP contribution >= 0.6 is 0 Å². The van der Waals surface area contributed by atoms with Crippen molar-refractivity contribution >= 4 is 17.6 Å². The van der Waals surface area contributed by atoms with E-state index >= 15 is 0 Å². The van der Waals surface area contributed by atoms with Gasteiger partial charge in [-0.1, -0.05) is 18.2 Å². The molecule has 1 heterocycles. The summed E-state index contributed by atoms with van der Waals surface area (Å²) in [6, 6.07) is 9.11. The van der Waals surface area contributed by atoms with Crippen LogP contribution in [0.1, 0.15) is 26.7 Å². The lowest BCUT2D eigenvalue weighted by Crippen LogP contribution is -2.43. The summed E-state index contributed by atoms with van der Waals surface area (Å²) < 4.78 is 5.41. The average Bonchev–Trinajstić information content (AvgIpc) is 2.88. The standard InChI is InChI=1S/C17H25N3O3/c1-13(2)23-10-6-9-18-17(22)19-14-11-16(21)20(12-14)15-7-4-3-5-8-15/h3-5,7-8,13-14H,6,9-12H2,1-2H3,(H2,18,19,22). The van der Waals surface area contributed by atoms with Gasteiger partial charge in [0.1, 0.15) is 0 Å². The molecule has 1 aliphatic rings. The molecule has 2 N–H and O–H groups in total. The maximum absolute atomic E-state index is 12.1. The van der Waals surface area contributed by atoms with Crippen molar-refractivity contribution in [1.82, 2.24) is 10.6 Å². The molecule has 0 aromatic heterocycles. The van der Waals surface area contributed by atoms with Gasteiger partial charge in [-0.05, 0) is 32.4 Å². The fraction of sp³-hybridized carbons (Fsp3) is 0.529. The van der Waals surface area contributed by atoms with Crippen molar-refractivity contribution in [3.63, 3.8) is 0 Å². The van der Waals surface area contributed by atoms with Crippen LogP contribution in [0.2, 0.25) is 0 Å². The fourth-order valence-corrected chi connectivity index (χ4v) is 2.49. The Labute approximate surface area is 137 Å². The monoisotopic (exact) mass is 319 g/mol. The Morgan fingerprint density at radius 1 is 1.35 bits per heavy atom. The molecule has 0 radical (unpaired) electrons. The topological polar surface area (TPSA) is 70.7 Å². The molecule has 2 rings (SSSR count). The normalized spacial score (nSPS) is 17.6. The summed E-state index contributed by atoms with van der Waals surface area (Å²) in [4.78, 5) is 25.6. The maximum Gasteiger partial charge on any atom is 0.315 e. The van der Waals surface area contributed by atoms with Crippen LogP contribution in [0.5, 0.6) is 0 Å². The molecule has 1 aliphatic heterocycles. The lowest BCUT2D eigenvalue weighted by Gasteiger charge is -2.17. The Hall–Kier alpha value is -2.08. The highest BCUT2D eigenvalue weighted by Gasteiger charge is 2.31. The first-order valence-electron chi connectivity index (χ1n) is 8.07. The molecule has 0 aliphatic carbocycles. The number of carbonyl (C=O) groups excluding carboxylic acids is 2. The van der Waals surface area contributed by atoms with Crippen LogP contribution in [-0.4, -0.2) is 43.8 Å². The van der Waals surface area contributed by atoms with Crippen molar-refractivity contribution in [2.45, 2.75) is 38.8 Å². The molecule has 23 heavy (non-hydrogen) atoms. The van der Waals surface area contributed by atoms with Crippen molar-refractivity contribution in [3.05, 3.63) is 30.3 Å². The van der Waals surface area contributed by atoms with E-state index in [9.17, 15) is 9.59 Å². The summed E-state index contributed by atoms with van der Waals surface area (Å²) in [5.41, 5.74) is 0.869. The smallest absolute Gasteiger partial charge is 0.315 e. The molecule has 3 amide bonds. The fourth-order valence-electron chi connectivity index (χ4n) is 2.49. The average molecular weight is 319 g/mol. The third-order valence-corrected chi connectivity index (χ3v) is 3.59. The number of hydrogen-bond donors (Lipinski definition) is 2. The summed E-state index contributed by atoms with van der Waals surface area (Å²) in [5, 5.41) is 5.65. The number of anilines is 1. The van der Waals surface area contributed by atoms with Crippen molar-refractivity contribution in [2.24, 2.45) is 0 Å². The summed E-state index contributed by atoms with van der Waals surface area (Å²) >= 11 is 0. The SMILES string of the molecule is CC(C)OCCCNC(=O)NC1CC(=O)N(c2ccccc2)C1. The van der Waals surface area contributed by atoms with Gasteiger partial charge in [0.15, 0.2) is 0 Å². The first kappa shape index (κ1) is 17.3. The third-order valence-electron chi connectivity index (χ3n) is 3.59. The maximum atomic E-state index is 12.1. The van der Waals surface area contributed by atoms with Crippen molar-refractivity contribution in [3.8, 4) is 0 Å². The number of rotatable bonds is 7. The summed E-state index contributed by atoms with van der Waals surface area (Å²) in [5.74, 6) is 0.0341. The number of carbonyl (C=O) groups is 2. The van der Waals surface area contributed by atoms with E-state index in [0.29, 0.717) is 26.1 Å². The van der Waals surface area contributed by atoms with Crippen LogP contribution in [-0.2, 0) is 9.53 Å². The Kier molecular flexibility index (Phi) is 6.40. The van der Waals surface area contributed by atoms with Gasteiger partial charge in [-0.2, -0.15) is 0 Å². The second kappa shape index (κ2) is 8.53. The number of para-hydroxylation sites is 1. The Morgan fingerprint density at radius 3 is 2.78 bits per heavy atom. The van der Waals surface area contributed by atoms with Gasteiger partial charge in [0.05, 0.1) is 12.1 Å². The minimum atomic E-state index is -0.234. The molecule has 6 nitrogen and oxygen atoms in total. The number of hydrogen-bond acceptors (Lipinski definition) is 3. The predicted octanol–water partition coefficient (Wildman–Crippen LogP) is 1.91. The van der Waals surface area contributed by atoms with Gasteiger partial charge in [-0.25, -0.2) is 4.79 Å². The lowest BCUT2D eigenvalue weighted by atomic mass is 10.2. The van der Waals surface area contributed by atoms with Gasteiger partial charge in [0.2, 0.25) is 5.91 Å². The Bertz CT molecular complexity index is 519. The van der Waals surface area contributed by atoms with E-state index in [1.54, 1.807) is 4.90 Å². The van der Waals surface area contributed by atoms with Crippen molar-refractivity contribution < 1.29 is 14.3 Å². The molecule has 1 aromatic rings. The van der Waals surface area contributed by atoms with E-state index in [1.165, 1.54) is 0 Å². The van der Waals surface area contributed by atoms with Crippen molar-refractivity contribution in [2.75, 3.05) is 24.6 Å².